The first-order valence-corrected chi connectivity index (χ1v) is 6.76. The summed E-state index contributed by atoms with van der Waals surface area (Å²) in [5, 5.41) is 5.54. The highest BCUT2D eigenvalue weighted by Crippen LogP contribution is 2.24. The van der Waals surface area contributed by atoms with Crippen LogP contribution in [-0.4, -0.2) is 4.98 Å². The summed E-state index contributed by atoms with van der Waals surface area (Å²) in [5.74, 6) is 0. The molecule has 1 atom stereocenters. The van der Waals surface area contributed by atoms with Crippen molar-refractivity contribution in [3.63, 3.8) is 0 Å². The average Bonchev–Trinajstić information content (AvgIpc) is 2.77. The predicted octanol–water partition coefficient (Wildman–Crippen LogP) is 4.39. The van der Waals surface area contributed by atoms with Gasteiger partial charge in [-0.25, -0.2) is 4.98 Å². The standard InChI is InChI=1S/C12H13BrN2S/c1-8-6-10(7-14-12(8)13)15-9(2)11-4-3-5-16-11/h3-7,9,15H,1-2H3. The van der Waals surface area contributed by atoms with Crippen LogP contribution in [0.15, 0.2) is 34.4 Å². The Morgan fingerprint density at radius 3 is 2.94 bits per heavy atom. The Hall–Kier alpha value is -0.870. The van der Waals surface area contributed by atoms with Gasteiger partial charge in [0.2, 0.25) is 0 Å². The molecule has 2 nitrogen and oxygen atoms in total. The summed E-state index contributed by atoms with van der Waals surface area (Å²) < 4.78 is 0.904. The van der Waals surface area contributed by atoms with Crippen molar-refractivity contribution >= 4 is 33.0 Å². The maximum atomic E-state index is 4.27. The average molecular weight is 297 g/mol. The summed E-state index contributed by atoms with van der Waals surface area (Å²) in [4.78, 5) is 5.60. The van der Waals surface area contributed by atoms with Crippen LogP contribution in [0.2, 0.25) is 0 Å². The second kappa shape index (κ2) is 4.97. The molecule has 2 heterocycles. The topological polar surface area (TPSA) is 24.9 Å². The zero-order chi connectivity index (χ0) is 11.5. The van der Waals surface area contributed by atoms with Crippen molar-refractivity contribution in [1.82, 2.24) is 4.98 Å². The van der Waals surface area contributed by atoms with Gasteiger partial charge in [0.1, 0.15) is 4.60 Å². The highest BCUT2D eigenvalue weighted by molar-refractivity contribution is 9.10. The minimum Gasteiger partial charge on any atom is -0.376 e. The molecule has 0 aliphatic heterocycles. The van der Waals surface area contributed by atoms with Gasteiger partial charge in [-0.2, -0.15) is 0 Å². The zero-order valence-electron chi connectivity index (χ0n) is 9.20. The minimum atomic E-state index is 0.322. The van der Waals surface area contributed by atoms with E-state index in [0.717, 1.165) is 15.9 Å². The summed E-state index contributed by atoms with van der Waals surface area (Å²) in [6.45, 7) is 4.20. The van der Waals surface area contributed by atoms with Gasteiger partial charge in [0.15, 0.2) is 0 Å². The molecule has 2 rings (SSSR count). The Bertz CT molecular complexity index is 468. The number of halogens is 1. The van der Waals surface area contributed by atoms with E-state index in [1.54, 1.807) is 11.3 Å². The molecule has 0 aliphatic carbocycles. The van der Waals surface area contributed by atoms with Crippen molar-refractivity contribution in [1.29, 1.82) is 0 Å². The Labute approximate surface area is 108 Å². The summed E-state index contributed by atoms with van der Waals surface area (Å²) >= 11 is 5.16. The molecule has 0 spiro atoms. The van der Waals surface area contributed by atoms with Gasteiger partial charge in [-0.1, -0.05) is 6.07 Å². The Morgan fingerprint density at radius 2 is 2.31 bits per heavy atom. The van der Waals surface area contributed by atoms with Gasteiger partial charge < -0.3 is 5.32 Å². The maximum absolute atomic E-state index is 4.27. The molecule has 0 saturated heterocycles. The van der Waals surface area contributed by atoms with Gasteiger partial charge in [0.25, 0.3) is 0 Å². The third-order valence-electron chi connectivity index (χ3n) is 2.37. The fourth-order valence-electron chi connectivity index (χ4n) is 1.50. The van der Waals surface area contributed by atoms with E-state index in [9.17, 15) is 0 Å². The van der Waals surface area contributed by atoms with Gasteiger partial charge in [0, 0.05) is 4.88 Å². The minimum absolute atomic E-state index is 0.322. The number of rotatable bonds is 3. The first-order chi connectivity index (χ1) is 7.66. The van der Waals surface area contributed by atoms with Gasteiger partial charge in [-0.3, -0.25) is 0 Å². The number of anilines is 1. The summed E-state index contributed by atoms with van der Waals surface area (Å²) in [7, 11) is 0. The van der Waals surface area contributed by atoms with Gasteiger partial charge in [-0.05, 0) is 52.9 Å². The van der Waals surface area contributed by atoms with E-state index < -0.39 is 0 Å². The lowest BCUT2D eigenvalue weighted by molar-refractivity contribution is 0.904. The van der Waals surface area contributed by atoms with Crippen LogP contribution in [0, 0.1) is 6.92 Å². The molecule has 0 aliphatic rings. The van der Waals surface area contributed by atoms with Crippen molar-refractivity contribution in [2.24, 2.45) is 0 Å². The molecule has 16 heavy (non-hydrogen) atoms. The molecule has 84 valence electrons. The Balaban J connectivity index is 2.12. The number of nitrogens with one attached hydrogen (secondary N) is 1. The number of aromatic nitrogens is 1. The fourth-order valence-corrected chi connectivity index (χ4v) is 2.45. The smallest absolute Gasteiger partial charge is 0.109 e. The molecule has 0 saturated carbocycles. The van der Waals surface area contributed by atoms with Crippen LogP contribution in [0.3, 0.4) is 0 Å². The van der Waals surface area contributed by atoms with E-state index in [1.807, 2.05) is 13.1 Å². The van der Waals surface area contributed by atoms with Gasteiger partial charge in [0.05, 0.1) is 17.9 Å². The van der Waals surface area contributed by atoms with Crippen LogP contribution >= 0.6 is 27.3 Å². The molecule has 0 bridgehead atoms. The molecular formula is C12H13BrN2S. The van der Waals surface area contributed by atoms with E-state index in [2.05, 4.69) is 56.7 Å². The predicted molar refractivity (Wildman–Crippen MR) is 73.0 cm³/mol. The van der Waals surface area contributed by atoms with Crippen LogP contribution in [0.5, 0.6) is 0 Å². The van der Waals surface area contributed by atoms with Crippen LogP contribution in [-0.2, 0) is 0 Å². The zero-order valence-corrected chi connectivity index (χ0v) is 11.6. The molecule has 0 amide bonds. The Kier molecular flexibility index (Phi) is 3.61. The number of hydrogen-bond donors (Lipinski definition) is 1. The summed E-state index contributed by atoms with van der Waals surface area (Å²) in [5.41, 5.74) is 2.20. The second-order valence-corrected chi connectivity index (χ2v) is 5.44. The number of hydrogen-bond acceptors (Lipinski definition) is 3. The molecule has 0 aromatic carbocycles. The van der Waals surface area contributed by atoms with Gasteiger partial charge in [-0.15, -0.1) is 11.3 Å². The van der Waals surface area contributed by atoms with Gasteiger partial charge >= 0.3 is 0 Å². The van der Waals surface area contributed by atoms with Crippen LogP contribution in [0.25, 0.3) is 0 Å². The van der Waals surface area contributed by atoms with E-state index in [-0.39, 0.29) is 0 Å². The lowest BCUT2D eigenvalue weighted by Gasteiger charge is -2.14. The number of pyridine rings is 1. The number of thiophene rings is 1. The van der Waals surface area contributed by atoms with E-state index in [0.29, 0.717) is 6.04 Å². The number of aryl methyl sites for hydroxylation is 1. The summed E-state index contributed by atoms with van der Waals surface area (Å²) in [6, 6.07) is 6.63. The highest BCUT2D eigenvalue weighted by Gasteiger charge is 2.06. The fraction of sp³-hybridized carbons (Fsp3) is 0.250. The molecule has 1 N–H and O–H groups in total. The summed E-state index contributed by atoms with van der Waals surface area (Å²) in [6.07, 6.45) is 1.85. The molecule has 2 aromatic heterocycles. The van der Waals surface area contributed by atoms with Crippen molar-refractivity contribution in [3.05, 3.63) is 44.8 Å². The van der Waals surface area contributed by atoms with Crippen LogP contribution in [0.1, 0.15) is 23.4 Å². The lowest BCUT2D eigenvalue weighted by Crippen LogP contribution is -2.05. The third kappa shape index (κ3) is 2.62. The van der Waals surface area contributed by atoms with Crippen molar-refractivity contribution < 1.29 is 0 Å². The normalized spacial score (nSPS) is 12.4. The molecule has 2 aromatic rings. The molecule has 0 fully saturated rings. The van der Waals surface area contributed by atoms with Crippen LogP contribution in [0.4, 0.5) is 5.69 Å². The van der Waals surface area contributed by atoms with Crippen molar-refractivity contribution in [3.8, 4) is 0 Å². The molecule has 4 heteroatoms. The van der Waals surface area contributed by atoms with Crippen molar-refractivity contribution in [2.75, 3.05) is 5.32 Å². The molecule has 1 unspecified atom stereocenters. The number of nitrogens with zero attached hydrogens (tertiary/aromatic N) is 1. The monoisotopic (exact) mass is 296 g/mol. The van der Waals surface area contributed by atoms with E-state index >= 15 is 0 Å². The Morgan fingerprint density at radius 1 is 1.50 bits per heavy atom. The quantitative estimate of drug-likeness (QED) is 0.850. The SMILES string of the molecule is Cc1cc(NC(C)c2cccs2)cnc1Br. The largest absolute Gasteiger partial charge is 0.376 e. The highest BCUT2D eigenvalue weighted by atomic mass is 79.9. The third-order valence-corrected chi connectivity index (χ3v) is 4.25. The molecular weight excluding hydrogens is 284 g/mol. The first-order valence-electron chi connectivity index (χ1n) is 5.09. The maximum Gasteiger partial charge on any atom is 0.109 e. The first kappa shape index (κ1) is 11.6. The molecule has 0 radical (unpaired) electrons. The van der Waals surface area contributed by atoms with Crippen molar-refractivity contribution in [2.45, 2.75) is 19.9 Å². The van der Waals surface area contributed by atoms with E-state index in [4.69, 9.17) is 0 Å². The second-order valence-electron chi connectivity index (χ2n) is 3.71. The van der Waals surface area contributed by atoms with E-state index in [1.165, 1.54) is 4.88 Å². The lowest BCUT2D eigenvalue weighted by atomic mass is 10.2. The van der Waals surface area contributed by atoms with Crippen LogP contribution < -0.4 is 5.32 Å².